The van der Waals surface area contributed by atoms with Crippen molar-refractivity contribution in [2.45, 2.75) is 32.7 Å². The van der Waals surface area contributed by atoms with Gasteiger partial charge in [0.25, 0.3) is 0 Å². The quantitative estimate of drug-likeness (QED) is 0.123. The van der Waals surface area contributed by atoms with Gasteiger partial charge in [-0.25, -0.2) is 9.13 Å². The van der Waals surface area contributed by atoms with Gasteiger partial charge in [0, 0.05) is 66.6 Å². The SMILES string of the molecule is Clc1cccc(Cl)c1CO/N=C/c1cc[n+](CCC[n+]2ccc(/C=N/OCc3c(Cl)cccc3Cl)cc2)cc1.[Br-].[Br-]. The molecule has 0 saturated carbocycles. The van der Waals surface area contributed by atoms with Crippen molar-refractivity contribution in [2.75, 3.05) is 0 Å². The van der Waals surface area contributed by atoms with Crippen molar-refractivity contribution in [1.82, 2.24) is 0 Å². The van der Waals surface area contributed by atoms with Crippen LogP contribution in [0.3, 0.4) is 0 Å². The first-order valence-electron chi connectivity index (χ1n) is 12.1. The largest absolute Gasteiger partial charge is 1.00 e. The number of hydrogen-bond acceptors (Lipinski definition) is 4. The van der Waals surface area contributed by atoms with Gasteiger partial charge in [0.15, 0.2) is 37.9 Å². The van der Waals surface area contributed by atoms with Gasteiger partial charge in [-0.05, 0) is 24.3 Å². The Hall–Kier alpha value is -2.20. The third-order valence-electron chi connectivity index (χ3n) is 5.76. The maximum Gasteiger partial charge on any atom is 0.169 e. The molecular weight excluding hydrogens is 738 g/mol. The van der Waals surface area contributed by atoms with Crippen LogP contribution in [0.4, 0.5) is 0 Å². The number of halogens is 6. The number of aromatic nitrogens is 2. The summed E-state index contributed by atoms with van der Waals surface area (Å²) < 4.78 is 4.26. The molecule has 41 heavy (non-hydrogen) atoms. The van der Waals surface area contributed by atoms with Crippen LogP contribution >= 0.6 is 46.4 Å². The van der Waals surface area contributed by atoms with Crippen molar-refractivity contribution in [1.29, 1.82) is 0 Å². The highest BCUT2D eigenvalue weighted by Crippen LogP contribution is 2.25. The predicted octanol–water partition coefficient (Wildman–Crippen LogP) is 1.07. The Balaban J connectivity index is 0.00000294. The van der Waals surface area contributed by atoms with Crippen LogP contribution in [0.5, 0.6) is 0 Å². The molecule has 0 unspecified atom stereocenters. The van der Waals surface area contributed by atoms with Crippen molar-refractivity contribution >= 4 is 58.8 Å². The lowest BCUT2D eigenvalue weighted by atomic mass is 10.2. The molecule has 0 amide bonds. The van der Waals surface area contributed by atoms with Crippen LogP contribution in [-0.4, -0.2) is 12.4 Å². The number of pyridine rings is 2. The minimum absolute atomic E-state index is 0. The van der Waals surface area contributed by atoms with Gasteiger partial charge in [-0.3, -0.25) is 0 Å². The Labute approximate surface area is 280 Å². The molecule has 0 atom stereocenters. The average Bonchev–Trinajstić information content (AvgIpc) is 2.93. The van der Waals surface area contributed by atoms with E-state index < -0.39 is 0 Å². The van der Waals surface area contributed by atoms with E-state index in [2.05, 4.69) is 19.4 Å². The molecule has 0 bridgehead atoms. The summed E-state index contributed by atoms with van der Waals surface area (Å²) in [4.78, 5) is 10.7. The summed E-state index contributed by atoms with van der Waals surface area (Å²) in [5.41, 5.74) is 3.30. The zero-order valence-corrected chi connectivity index (χ0v) is 27.8. The molecule has 6 nitrogen and oxygen atoms in total. The lowest BCUT2D eigenvalue weighted by molar-refractivity contribution is -0.726. The van der Waals surface area contributed by atoms with E-state index in [-0.39, 0.29) is 47.2 Å². The molecule has 4 aromatic rings. The second kappa shape index (κ2) is 18.4. The summed E-state index contributed by atoms with van der Waals surface area (Å²) in [6.07, 6.45) is 12.4. The van der Waals surface area contributed by atoms with Gasteiger partial charge in [0.2, 0.25) is 0 Å². The molecule has 0 radical (unpaired) electrons. The van der Waals surface area contributed by atoms with Gasteiger partial charge in [-0.1, -0.05) is 68.8 Å². The summed E-state index contributed by atoms with van der Waals surface area (Å²) >= 11 is 24.6. The highest BCUT2D eigenvalue weighted by molar-refractivity contribution is 6.36. The summed E-state index contributed by atoms with van der Waals surface area (Å²) in [6, 6.07) is 18.6. The molecule has 12 heteroatoms. The number of benzene rings is 2. The summed E-state index contributed by atoms with van der Waals surface area (Å²) in [5, 5.41) is 10.3. The molecular formula is C29H26Br2Cl4N4O2. The van der Waals surface area contributed by atoms with Gasteiger partial charge in [0.05, 0.1) is 18.9 Å². The highest BCUT2D eigenvalue weighted by Gasteiger charge is 2.07. The van der Waals surface area contributed by atoms with Crippen molar-refractivity contribution in [3.05, 3.63) is 128 Å². The van der Waals surface area contributed by atoms with Gasteiger partial charge in [-0.15, -0.1) is 0 Å². The lowest BCUT2D eigenvalue weighted by Gasteiger charge is -2.04. The fourth-order valence-electron chi connectivity index (χ4n) is 3.58. The third kappa shape index (κ3) is 11.2. The summed E-state index contributed by atoms with van der Waals surface area (Å²) in [5.74, 6) is 0. The van der Waals surface area contributed by atoms with Crippen LogP contribution in [0, 0.1) is 0 Å². The Morgan fingerprint density at radius 1 is 0.561 bits per heavy atom. The molecule has 0 aliphatic rings. The standard InChI is InChI=1S/C29H26Cl4N4O2.2BrH/c30-26-4-1-5-27(31)24(26)20-38-34-18-22-8-14-36(15-9-22)12-3-13-37-16-10-23(11-17-37)19-35-39-21-25-28(32)6-2-7-29(25)33;;/h1-2,4-11,14-19H,3,12-13,20-21H2;2*1H/q+2;;/p-2/b34-18+,35-19+;;. The summed E-state index contributed by atoms with van der Waals surface area (Å²) in [6.45, 7) is 2.18. The molecule has 216 valence electrons. The van der Waals surface area contributed by atoms with Crippen LogP contribution in [0.2, 0.25) is 20.1 Å². The van der Waals surface area contributed by atoms with Crippen molar-refractivity contribution < 1.29 is 52.8 Å². The van der Waals surface area contributed by atoms with Crippen LogP contribution in [0.1, 0.15) is 28.7 Å². The number of oxime groups is 2. The monoisotopic (exact) mass is 760 g/mol. The van der Waals surface area contributed by atoms with Crippen LogP contribution in [0.25, 0.3) is 0 Å². The van der Waals surface area contributed by atoms with Crippen molar-refractivity contribution in [3.63, 3.8) is 0 Å². The normalized spacial score (nSPS) is 10.8. The minimum Gasteiger partial charge on any atom is -1.00 e. The van der Waals surface area contributed by atoms with Crippen LogP contribution in [0.15, 0.2) is 95.8 Å². The number of rotatable bonds is 12. The van der Waals surface area contributed by atoms with E-state index in [0.717, 1.165) is 30.6 Å². The van der Waals surface area contributed by atoms with Gasteiger partial charge < -0.3 is 43.6 Å². The minimum atomic E-state index is 0. The molecule has 2 heterocycles. The smallest absolute Gasteiger partial charge is 0.169 e. The first kappa shape index (κ1) is 35.0. The molecule has 2 aromatic heterocycles. The summed E-state index contributed by atoms with van der Waals surface area (Å²) in [7, 11) is 0. The Morgan fingerprint density at radius 2 is 0.902 bits per heavy atom. The van der Waals surface area contributed by atoms with E-state index in [1.54, 1.807) is 48.8 Å². The molecule has 0 spiro atoms. The van der Waals surface area contributed by atoms with E-state index in [0.29, 0.717) is 31.2 Å². The van der Waals surface area contributed by atoms with E-state index in [9.17, 15) is 0 Å². The fourth-order valence-corrected chi connectivity index (χ4v) is 4.60. The molecule has 0 fully saturated rings. The van der Waals surface area contributed by atoms with Gasteiger partial charge in [0.1, 0.15) is 13.2 Å². The van der Waals surface area contributed by atoms with Gasteiger partial charge in [-0.2, -0.15) is 0 Å². The van der Waals surface area contributed by atoms with Crippen LogP contribution < -0.4 is 43.1 Å². The zero-order chi connectivity index (χ0) is 27.5. The van der Waals surface area contributed by atoms with E-state index >= 15 is 0 Å². The van der Waals surface area contributed by atoms with Crippen molar-refractivity contribution in [2.24, 2.45) is 10.3 Å². The number of nitrogens with zero attached hydrogens (tertiary/aromatic N) is 4. The Bertz CT molecular complexity index is 1290. The lowest BCUT2D eigenvalue weighted by Crippen LogP contribution is -3.00. The number of hydrogen-bond donors (Lipinski definition) is 0. The molecule has 0 aliphatic carbocycles. The second-order valence-corrected chi connectivity index (χ2v) is 10.1. The number of aryl methyl sites for hydroxylation is 2. The zero-order valence-electron chi connectivity index (χ0n) is 21.6. The van der Waals surface area contributed by atoms with E-state index in [4.69, 9.17) is 56.1 Å². The topological polar surface area (TPSA) is 50.9 Å². The first-order valence-corrected chi connectivity index (χ1v) is 13.7. The first-order chi connectivity index (χ1) is 19.0. The molecule has 0 N–H and O–H groups in total. The maximum absolute atomic E-state index is 6.14. The fraction of sp³-hybridized carbons (Fsp3) is 0.172. The molecule has 2 aromatic carbocycles. The van der Waals surface area contributed by atoms with Crippen molar-refractivity contribution in [3.8, 4) is 0 Å². The predicted molar refractivity (Wildman–Crippen MR) is 156 cm³/mol. The van der Waals surface area contributed by atoms with Gasteiger partial charge >= 0.3 is 0 Å². The molecule has 0 saturated heterocycles. The molecule has 4 rings (SSSR count). The maximum atomic E-state index is 6.14. The molecule has 0 aliphatic heterocycles. The highest BCUT2D eigenvalue weighted by atomic mass is 79.9. The van der Waals surface area contributed by atoms with Crippen LogP contribution in [-0.2, 0) is 36.0 Å². The van der Waals surface area contributed by atoms with E-state index in [1.165, 1.54) is 0 Å². The second-order valence-electron chi connectivity index (χ2n) is 8.51. The van der Waals surface area contributed by atoms with E-state index in [1.807, 2.05) is 49.1 Å². The third-order valence-corrected chi connectivity index (χ3v) is 7.18. The Morgan fingerprint density at radius 3 is 1.24 bits per heavy atom. The Kier molecular flexibility index (Phi) is 15.7. The average molecular weight is 764 g/mol.